The largest absolute Gasteiger partial charge is 0.349 e. The summed E-state index contributed by atoms with van der Waals surface area (Å²) in [4.78, 5) is 14.1. The highest BCUT2D eigenvalue weighted by Gasteiger charge is 2.31. The molecule has 1 amide bonds. The Morgan fingerprint density at radius 3 is 2.69 bits per heavy atom. The van der Waals surface area contributed by atoms with Crippen LogP contribution in [0.2, 0.25) is 5.02 Å². The van der Waals surface area contributed by atoms with E-state index in [9.17, 15) is 13.2 Å². The summed E-state index contributed by atoms with van der Waals surface area (Å²) in [6.07, 6.45) is 0. The summed E-state index contributed by atoms with van der Waals surface area (Å²) in [5.74, 6) is 0.0237. The summed E-state index contributed by atoms with van der Waals surface area (Å²) in [5.41, 5.74) is 1.39. The van der Waals surface area contributed by atoms with E-state index in [1.165, 1.54) is 11.0 Å². The number of amides is 1. The van der Waals surface area contributed by atoms with Crippen molar-refractivity contribution in [2.75, 3.05) is 13.6 Å². The molecule has 1 heterocycles. The molecule has 8 heteroatoms. The van der Waals surface area contributed by atoms with Crippen LogP contribution in [0.15, 0.2) is 57.8 Å². The molecular formula is C18H18ClN3O3S. The number of carbonyl (C=O) groups excluding carboxylic acids is 1. The second-order valence-electron chi connectivity index (χ2n) is 6.09. The lowest BCUT2D eigenvalue weighted by molar-refractivity contribution is -0.121. The summed E-state index contributed by atoms with van der Waals surface area (Å²) < 4.78 is 28.0. The minimum Gasteiger partial charge on any atom is -0.349 e. The van der Waals surface area contributed by atoms with Crippen LogP contribution in [0.3, 0.4) is 0 Å². The number of likely N-dealkylation sites (N-methyl/N-ethyl adjacent to an activating group) is 1. The predicted octanol–water partition coefficient (Wildman–Crippen LogP) is 2.60. The van der Waals surface area contributed by atoms with Gasteiger partial charge in [0.1, 0.15) is 4.90 Å². The van der Waals surface area contributed by atoms with Gasteiger partial charge in [-0.05, 0) is 36.8 Å². The van der Waals surface area contributed by atoms with Crippen molar-refractivity contribution in [2.45, 2.75) is 17.9 Å². The molecule has 1 atom stereocenters. The first-order chi connectivity index (χ1) is 12.3. The molecule has 3 rings (SSSR count). The van der Waals surface area contributed by atoms with Gasteiger partial charge < -0.3 is 10.2 Å². The van der Waals surface area contributed by atoms with Gasteiger partial charge in [0, 0.05) is 17.6 Å². The zero-order valence-electron chi connectivity index (χ0n) is 14.3. The Morgan fingerprint density at radius 2 is 1.96 bits per heavy atom. The number of fused-ring (bicyclic) bond motifs is 1. The van der Waals surface area contributed by atoms with Crippen molar-refractivity contribution < 1.29 is 13.2 Å². The predicted molar refractivity (Wildman–Crippen MR) is 101 cm³/mol. The molecule has 0 unspecified atom stereocenters. The molecule has 136 valence electrons. The number of amidine groups is 1. The van der Waals surface area contributed by atoms with E-state index in [1.807, 2.05) is 19.1 Å². The molecule has 0 bridgehead atoms. The van der Waals surface area contributed by atoms with Crippen LogP contribution in [0.5, 0.6) is 0 Å². The number of hydrogen-bond donors (Lipinski definition) is 1. The minimum atomic E-state index is -3.71. The molecule has 1 aliphatic rings. The van der Waals surface area contributed by atoms with E-state index >= 15 is 0 Å². The quantitative estimate of drug-likeness (QED) is 0.868. The maximum atomic E-state index is 12.4. The minimum absolute atomic E-state index is 0.0202. The van der Waals surface area contributed by atoms with Gasteiger partial charge >= 0.3 is 0 Å². The number of sulfonamides is 1. The number of nitrogens with one attached hydrogen (secondary N) is 1. The molecular weight excluding hydrogens is 374 g/mol. The van der Waals surface area contributed by atoms with Crippen molar-refractivity contribution in [1.29, 1.82) is 0 Å². The highest BCUT2D eigenvalue weighted by Crippen LogP contribution is 2.26. The molecule has 0 spiro atoms. The van der Waals surface area contributed by atoms with E-state index in [2.05, 4.69) is 9.71 Å². The van der Waals surface area contributed by atoms with Gasteiger partial charge in [0.25, 0.3) is 10.0 Å². The Labute approximate surface area is 157 Å². The molecule has 0 saturated heterocycles. The van der Waals surface area contributed by atoms with Gasteiger partial charge in [-0.3, -0.25) is 4.79 Å². The molecule has 1 N–H and O–H groups in total. The van der Waals surface area contributed by atoms with Crippen molar-refractivity contribution in [3.05, 3.63) is 64.7 Å². The second-order valence-corrected chi connectivity index (χ2v) is 8.10. The number of benzene rings is 2. The highest BCUT2D eigenvalue weighted by molar-refractivity contribution is 7.90. The monoisotopic (exact) mass is 391 g/mol. The average molecular weight is 392 g/mol. The van der Waals surface area contributed by atoms with Crippen LogP contribution in [-0.4, -0.2) is 38.7 Å². The van der Waals surface area contributed by atoms with Crippen LogP contribution in [0.4, 0.5) is 0 Å². The Kier molecular flexibility index (Phi) is 5.02. The smallest absolute Gasteiger partial charge is 0.285 e. The van der Waals surface area contributed by atoms with Crippen LogP contribution in [0.1, 0.15) is 24.1 Å². The van der Waals surface area contributed by atoms with Crippen LogP contribution in [-0.2, 0) is 14.8 Å². The summed E-state index contributed by atoms with van der Waals surface area (Å²) in [5, 5.41) is 3.48. The van der Waals surface area contributed by atoms with Crippen LogP contribution >= 0.6 is 11.6 Å². The Balaban J connectivity index is 1.71. The first-order valence-corrected chi connectivity index (χ1v) is 9.80. The fourth-order valence-electron chi connectivity index (χ4n) is 2.80. The molecule has 1 aliphatic heterocycles. The zero-order valence-corrected chi connectivity index (χ0v) is 15.9. The fraction of sp³-hybridized carbons (Fsp3) is 0.222. The average Bonchev–Trinajstić information content (AvgIpc) is 2.87. The molecule has 0 fully saturated rings. The second kappa shape index (κ2) is 7.09. The number of halogens is 1. The third kappa shape index (κ3) is 3.73. The first kappa shape index (κ1) is 18.4. The molecule has 26 heavy (non-hydrogen) atoms. The molecule has 6 nitrogen and oxygen atoms in total. The van der Waals surface area contributed by atoms with Crippen molar-refractivity contribution in [3.63, 3.8) is 0 Å². The summed E-state index contributed by atoms with van der Waals surface area (Å²) in [7, 11) is -2.07. The standard InChI is InChI=1S/C18H18ClN3O3S/c1-12(13-6-5-7-14(19)10-13)20-17(23)11-22(2)18-15-8-3-4-9-16(15)26(24,25)21-18/h3-10,12H,11H2,1-2H3,(H,20,23)/t12-/m1/s1. The maximum Gasteiger partial charge on any atom is 0.285 e. The third-order valence-corrected chi connectivity index (χ3v) is 5.64. The molecule has 2 aromatic rings. The lowest BCUT2D eigenvalue weighted by Crippen LogP contribution is -2.39. The van der Waals surface area contributed by atoms with Crippen molar-refractivity contribution in [3.8, 4) is 0 Å². The maximum absolute atomic E-state index is 12.4. The van der Waals surface area contributed by atoms with Gasteiger partial charge in [-0.1, -0.05) is 35.9 Å². The van der Waals surface area contributed by atoms with Crippen LogP contribution < -0.4 is 5.32 Å². The number of carbonyl (C=O) groups is 1. The SMILES string of the molecule is C[C@@H](NC(=O)CN(C)C1=NS(=O)(=O)c2ccccc21)c1cccc(Cl)c1. The highest BCUT2D eigenvalue weighted by atomic mass is 35.5. The van der Waals surface area contributed by atoms with E-state index < -0.39 is 10.0 Å². The number of nitrogens with zero attached hydrogens (tertiary/aromatic N) is 2. The third-order valence-electron chi connectivity index (χ3n) is 4.08. The Morgan fingerprint density at radius 1 is 1.23 bits per heavy atom. The normalized spacial score (nSPS) is 15.7. The molecule has 0 aromatic heterocycles. The zero-order chi connectivity index (χ0) is 18.9. The van der Waals surface area contributed by atoms with Gasteiger partial charge in [0.05, 0.1) is 12.6 Å². The van der Waals surface area contributed by atoms with E-state index in [0.717, 1.165) is 5.56 Å². The lowest BCUT2D eigenvalue weighted by atomic mass is 10.1. The van der Waals surface area contributed by atoms with Crippen molar-refractivity contribution in [2.24, 2.45) is 4.40 Å². The first-order valence-electron chi connectivity index (χ1n) is 7.98. The molecule has 0 saturated carbocycles. The van der Waals surface area contributed by atoms with Crippen molar-refractivity contribution in [1.82, 2.24) is 10.2 Å². The van der Waals surface area contributed by atoms with E-state index in [0.29, 0.717) is 10.6 Å². The summed E-state index contributed by atoms with van der Waals surface area (Å²) in [6, 6.07) is 13.6. The van der Waals surface area contributed by atoms with Crippen molar-refractivity contribution >= 4 is 33.4 Å². The van der Waals surface area contributed by atoms with Gasteiger partial charge in [-0.25, -0.2) is 0 Å². The Bertz CT molecular complexity index is 989. The summed E-state index contributed by atoms with van der Waals surface area (Å²) in [6.45, 7) is 1.84. The van der Waals surface area contributed by atoms with E-state index in [4.69, 9.17) is 11.6 Å². The Hall–Kier alpha value is -2.38. The van der Waals surface area contributed by atoms with Gasteiger partial charge in [-0.15, -0.1) is 4.40 Å². The van der Waals surface area contributed by atoms with Gasteiger partial charge in [0.2, 0.25) is 5.91 Å². The molecule has 0 radical (unpaired) electrons. The lowest BCUT2D eigenvalue weighted by Gasteiger charge is -2.21. The summed E-state index contributed by atoms with van der Waals surface area (Å²) >= 11 is 5.98. The van der Waals surface area contributed by atoms with Gasteiger partial charge in [-0.2, -0.15) is 8.42 Å². The topological polar surface area (TPSA) is 78.8 Å². The van der Waals surface area contributed by atoms with Crippen LogP contribution in [0.25, 0.3) is 0 Å². The van der Waals surface area contributed by atoms with E-state index in [1.54, 1.807) is 37.4 Å². The van der Waals surface area contributed by atoms with Gasteiger partial charge in [0.15, 0.2) is 5.84 Å². The number of rotatable bonds is 4. The molecule has 0 aliphatic carbocycles. The fourth-order valence-corrected chi connectivity index (χ4v) is 4.25. The number of hydrogen-bond acceptors (Lipinski definition) is 4. The van der Waals surface area contributed by atoms with Crippen LogP contribution in [0, 0.1) is 0 Å². The molecule has 2 aromatic carbocycles. The van der Waals surface area contributed by atoms with E-state index in [-0.39, 0.29) is 29.2 Å².